The van der Waals surface area contributed by atoms with Crippen LogP contribution in [0.25, 0.3) is 0 Å². The van der Waals surface area contributed by atoms with Crippen LogP contribution in [0.3, 0.4) is 0 Å². The molecule has 1 aromatic carbocycles. The van der Waals surface area contributed by atoms with Crippen molar-refractivity contribution < 1.29 is 13.3 Å². The molecule has 0 fully saturated rings. The highest BCUT2D eigenvalue weighted by Gasteiger charge is 2.32. The van der Waals surface area contributed by atoms with Crippen LogP contribution in [-0.4, -0.2) is 44.2 Å². The number of guanidine groups is 2. The van der Waals surface area contributed by atoms with E-state index in [0.29, 0.717) is 6.42 Å². The summed E-state index contributed by atoms with van der Waals surface area (Å²) in [4.78, 5) is 13.8. The molecule has 2 rings (SSSR count). The van der Waals surface area contributed by atoms with Crippen LogP contribution in [0, 0.1) is 0 Å². The van der Waals surface area contributed by atoms with E-state index < -0.39 is 15.7 Å². The van der Waals surface area contributed by atoms with Crippen LogP contribution < -0.4 is 16.2 Å². The Morgan fingerprint density at radius 1 is 1.25 bits per heavy atom. The van der Waals surface area contributed by atoms with Gasteiger partial charge in [-0.2, -0.15) is 10.1 Å². The highest BCUT2D eigenvalue weighted by Crippen LogP contribution is 2.19. The third-order valence-corrected chi connectivity index (χ3v) is 4.69. The second kappa shape index (κ2) is 7.16. The van der Waals surface area contributed by atoms with Gasteiger partial charge in [-0.1, -0.05) is 18.2 Å². The summed E-state index contributed by atoms with van der Waals surface area (Å²) in [7, 11) is -3.51. The van der Waals surface area contributed by atoms with Crippen LogP contribution in [0.4, 0.5) is 0 Å². The summed E-state index contributed by atoms with van der Waals surface area (Å²) in [6.45, 7) is 4.03. The summed E-state index contributed by atoms with van der Waals surface area (Å²) >= 11 is 0. The molecule has 9 nitrogen and oxygen atoms in total. The molecule has 5 N–H and O–H groups in total. The van der Waals surface area contributed by atoms with E-state index in [9.17, 15) is 8.42 Å². The summed E-state index contributed by atoms with van der Waals surface area (Å²) in [5.41, 5.74) is 10.6. The Labute approximate surface area is 141 Å². The first-order valence-electron chi connectivity index (χ1n) is 7.40. The maximum atomic E-state index is 12.1. The first-order chi connectivity index (χ1) is 11.2. The molecule has 0 aromatic heterocycles. The molecular formula is C14H22N6O3S. The van der Waals surface area contributed by atoms with E-state index in [-0.39, 0.29) is 30.0 Å². The summed E-state index contributed by atoms with van der Waals surface area (Å²) in [6, 6.07) is 8.17. The molecule has 0 aliphatic carbocycles. The van der Waals surface area contributed by atoms with Gasteiger partial charge in [0.1, 0.15) is 0 Å². The maximum absolute atomic E-state index is 12.1. The van der Waals surface area contributed by atoms with Gasteiger partial charge in [-0.25, -0.2) is 18.1 Å². The highest BCUT2D eigenvalue weighted by atomic mass is 32.2. The van der Waals surface area contributed by atoms with E-state index in [1.165, 1.54) is 17.2 Å². The zero-order valence-corrected chi connectivity index (χ0v) is 14.5. The van der Waals surface area contributed by atoms with Crippen molar-refractivity contribution in [2.45, 2.75) is 30.8 Å². The number of hydrogen-bond acceptors (Lipinski definition) is 8. The van der Waals surface area contributed by atoms with E-state index >= 15 is 0 Å². The van der Waals surface area contributed by atoms with Crippen molar-refractivity contribution in [3.63, 3.8) is 0 Å². The number of nitrogens with one attached hydrogen (secondary N) is 1. The Morgan fingerprint density at radius 2 is 1.92 bits per heavy atom. The second-order valence-corrected chi connectivity index (χ2v) is 7.39. The van der Waals surface area contributed by atoms with E-state index in [1.807, 2.05) is 0 Å². The summed E-state index contributed by atoms with van der Waals surface area (Å²) in [5.74, 6) is 0.199. The molecule has 132 valence electrons. The van der Waals surface area contributed by atoms with Gasteiger partial charge in [0, 0.05) is 6.54 Å². The lowest BCUT2D eigenvalue weighted by Crippen LogP contribution is -2.53. The van der Waals surface area contributed by atoms with Crippen LogP contribution in [0.15, 0.2) is 45.2 Å². The van der Waals surface area contributed by atoms with Crippen molar-refractivity contribution >= 4 is 21.9 Å². The Morgan fingerprint density at radius 3 is 2.54 bits per heavy atom. The smallest absolute Gasteiger partial charge is 0.240 e. The van der Waals surface area contributed by atoms with Crippen LogP contribution in [0.1, 0.15) is 20.3 Å². The number of aliphatic imine (C=N–C) groups is 2. The molecule has 1 aromatic rings. The Bertz CT molecular complexity index is 730. The Balaban J connectivity index is 1.81. The number of hydrogen-bond donors (Lipinski definition) is 3. The zero-order valence-electron chi connectivity index (χ0n) is 13.6. The van der Waals surface area contributed by atoms with Crippen LogP contribution >= 0.6 is 0 Å². The monoisotopic (exact) mass is 354 g/mol. The van der Waals surface area contributed by atoms with Gasteiger partial charge in [-0.05, 0) is 32.4 Å². The van der Waals surface area contributed by atoms with Crippen molar-refractivity contribution in [2.24, 2.45) is 21.5 Å². The number of nitrogens with two attached hydrogens (primary N) is 2. The average molecular weight is 354 g/mol. The molecule has 0 spiro atoms. The SMILES string of the molecule is CC1(C)N=C(N)N=C(N)N1OCCCNS(=O)(=O)c1ccccc1. The van der Waals surface area contributed by atoms with Gasteiger partial charge in [-0.3, -0.25) is 4.84 Å². The zero-order chi connectivity index (χ0) is 17.8. The van der Waals surface area contributed by atoms with Crippen LogP contribution in [0.5, 0.6) is 0 Å². The Kier molecular flexibility index (Phi) is 5.42. The third kappa shape index (κ3) is 4.43. The predicted molar refractivity (Wildman–Crippen MR) is 91.4 cm³/mol. The lowest BCUT2D eigenvalue weighted by Gasteiger charge is -2.36. The molecule has 0 saturated carbocycles. The minimum Gasteiger partial charge on any atom is -0.368 e. The quantitative estimate of drug-likeness (QED) is 0.588. The Hall–Kier alpha value is -2.17. The summed E-state index contributed by atoms with van der Waals surface area (Å²) in [5, 5.41) is 1.36. The van der Waals surface area contributed by atoms with Crippen LogP contribution in [-0.2, 0) is 14.9 Å². The molecule has 0 radical (unpaired) electrons. The van der Waals surface area contributed by atoms with Gasteiger partial charge in [0.2, 0.25) is 21.9 Å². The van der Waals surface area contributed by atoms with Crippen molar-refractivity contribution in [2.75, 3.05) is 13.2 Å². The largest absolute Gasteiger partial charge is 0.368 e. The molecule has 1 heterocycles. The van der Waals surface area contributed by atoms with E-state index in [1.54, 1.807) is 32.0 Å². The second-order valence-electron chi connectivity index (χ2n) is 5.63. The number of hydroxylamine groups is 2. The molecular weight excluding hydrogens is 332 g/mol. The third-order valence-electron chi connectivity index (χ3n) is 3.21. The lowest BCUT2D eigenvalue weighted by atomic mass is 10.2. The van der Waals surface area contributed by atoms with Gasteiger partial charge in [0.25, 0.3) is 0 Å². The normalized spacial score (nSPS) is 17.3. The van der Waals surface area contributed by atoms with Crippen molar-refractivity contribution in [3.8, 4) is 0 Å². The highest BCUT2D eigenvalue weighted by molar-refractivity contribution is 7.89. The van der Waals surface area contributed by atoms with E-state index in [2.05, 4.69) is 14.7 Å². The fraction of sp³-hybridized carbons (Fsp3) is 0.429. The molecule has 1 aliphatic heterocycles. The minimum atomic E-state index is -3.51. The first-order valence-corrected chi connectivity index (χ1v) is 8.88. The molecule has 24 heavy (non-hydrogen) atoms. The first kappa shape index (κ1) is 18.2. The van der Waals surface area contributed by atoms with Gasteiger partial charge in [0.15, 0.2) is 5.66 Å². The molecule has 0 saturated heterocycles. The van der Waals surface area contributed by atoms with Gasteiger partial charge in [0.05, 0.1) is 11.5 Å². The van der Waals surface area contributed by atoms with Crippen molar-refractivity contribution in [1.29, 1.82) is 0 Å². The number of nitrogens with zero attached hydrogens (tertiary/aromatic N) is 3. The number of rotatable bonds is 7. The molecule has 1 aliphatic rings. The minimum absolute atomic E-state index is 0.0907. The van der Waals surface area contributed by atoms with E-state index in [0.717, 1.165) is 0 Å². The van der Waals surface area contributed by atoms with Gasteiger partial charge < -0.3 is 11.5 Å². The van der Waals surface area contributed by atoms with Gasteiger partial charge >= 0.3 is 0 Å². The maximum Gasteiger partial charge on any atom is 0.240 e. The van der Waals surface area contributed by atoms with Crippen molar-refractivity contribution in [1.82, 2.24) is 9.79 Å². The standard InChI is InChI=1S/C14H22N6O3S/c1-14(2)19-12(15)18-13(16)20(14)23-10-6-9-17-24(21,22)11-7-4-3-5-8-11/h3-5,7-8,17H,6,9-10H2,1-2H3,(H4,15,16,18,19). The number of sulfonamides is 1. The predicted octanol–water partition coefficient (Wildman–Crippen LogP) is -0.0323. The topological polar surface area (TPSA) is 135 Å². The molecule has 0 atom stereocenters. The van der Waals surface area contributed by atoms with Gasteiger partial charge in [-0.15, -0.1) is 0 Å². The molecule has 0 bridgehead atoms. The lowest BCUT2D eigenvalue weighted by molar-refractivity contribution is -0.157. The fourth-order valence-electron chi connectivity index (χ4n) is 2.14. The van der Waals surface area contributed by atoms with Crippen LogP contribution in [0.2, 0.25) is 0 Å². The molecule has 10 heteroatoms. The van der Waals surface area contributed by atoms with Crippen molar-refractivity contribution in [3.05, 3.63) is 30.3 Å². The number of benzene rings is 1. The van der Waals surface area contributed by atoms with E-state index in [4.69, 9.17) is 16.3 Å². The summed E-state index contributed by atoms with van der Waals surface area (Å²) in [6.07, 6.45) is 0.450. The summed E-state index contributed by atoms with van der Waals surface area (Å²) < 4.78 is 26.6. The molecule has 0 amide bonds. The molecule has 0 unspecified atom stereocenters. The fourth-order valence-corrected chi connectivity index (χ4v) is 3.23. The average Bonchev–Trinajstić information content (AvgIpc) is 2.49.